The summed E-state index contributed by atoms with van der Waals surface area (Å²) < 4.78 is 5.06. The molecule has 0 spiro atoms. The fourth-order valence-corrected chi connectivity index (χ4v) is 2.42. The fraction of sp³-hybridized carbons (Fsp3) is 0.562. The molecule has 0 radical (unpaired) electrons. The third-order valence-corrected chi connectivity index (χ3v) is 3.35. The van der Waals surface area contributed by atoms with E-state index in [1.54, 1.807) is 7.11 Å². The van der Waals surface area contributed by atoms with Gasteiger partial charge >= 0.3 is 5.97 Å². The molecule has 0 bridgehead atoms. The van der Waals surface area contributed by atoms with Crippen LogP contribution in [0.15, 0.2) is 30.3 Å². The van der Waals surface area contributed by atoms with E-state index in [9.17, 15) is 9.90 Å². The molecule has 0 amide bonds. The summed E-state index contributed by atoms with van der Waals surface area (Å²) in [6.45, 7) is 5.53. The molecule has 0 aromatic heterocycles. The van der Waals surface area contributed by atoms with Gasteiger partial charge in [0, 0.05) is 26.2 Å². The summed E-state index contributed by atoms with van der Waals surface area (Å²) in [5.41, 5.74) is -0.367. The third-order valence-electron chi connectivity index (χ3n) is 3.35. The van der Waals surface area contributed by atoms with E-state index in [4.69, 9.17) is 4.74 Å². The Hall–Kier alpha value is -1.43. The van der Waals surface area contributed by atoms with Crippen LogP contribution in [0.5, 0.6) is 0 Å². The average Bonchev–Trinajstić information content (AvgIpc) is 2.44. The highest BCUT2D eigenvalue weighted by atomic mass is 16.5. The predicted molar refractivity (Wildman–Crippen MR) is 83.4 cm³/mol. The van der Waals surface area contributed by atoms with Crippen molar-refractivity contribution in [3.8, 4) is 0 Å². The van der Waals surface area contributed by atoms with Crippen molar-refractivity contribution in [2.24, 2.45) is 0 Å². The molecule has 1 aromatic carbocycles. The quantitative estimate of drug-likeness (QED) is 0.723. The summed E-state index contributed by atoms with van der Waals surface area (Å²) in [7, 11) is 3.55. The van der Waals surface area contributed by atoms with Crippen molar-refractivity contribution in [2.75, 3.05) is 33.9 Å². The first-order valence-electron chi connectivity index (χ1n) is 7.16. The zero-order valence-electron chi connectivity index (χ0n) is 13.3. The highest BCUT2D eigenvalue weighted by Crippen LogP contribution is 2.24. The van der Waals surface area contributed by atoms with Crippen LogP contribution < -0.4 is 5.32 Å². The molecule has 0 saturated carbocycles. The van der Waals surface area contributed by atoms with Crippen LogP contribution in [-0.2, 0) is 15.1 Å². The number of carbonyl (C=O) groups is 1. The van der Waals surface area contributed by atoms with E-state index in [1.165, 1.54) is 0 Å². The van der Waals surface area contributed by atoms with E-state index in [0.29, 0.717) is 19.7 Å². The summed E-state index contributed by atoms with van der Waals surface area (Å²) >= 11 is 0. The summed E-state index contributed by atoms with van der Waals surface area (Å²) in [6.07, 6.45) is 0. The second-order valence-electron chi connectivity index (χ2n) is 5.61. The van der Waals surface area contributed by atoms with Crippen molar-refractivity contribution in [3.63, 3.8) is 0 Å². The van der Waals surface area contributed by atoms with Crippen LogP contribution in [0.2, 0.25) is 0 Å². The first-order chi connectivity index (χ1) is 9.92. The number of benzene rings is 1. The molecule has 21 heavy (non-hydrogen) atoms. The molecule has 0 heterocycles. The molecule has 0 fully saturated rings. The summed E-state index contributed by atoms with van der Waals surface area (Å²) in [5.74, 6) is -0.869. The van der Waals surface area contributed by atoms with Gasteiger partial charge in [0.15, 0.2) is 5.54 Å². The minimum atomic E-state index is -1.13. The molecular weight excluding hydrogens is 268 g/mol. The van der Waals surface area contributed by atoms with E-state index in [-0.39, 0.29) is 6.04 Å². The molecule has 0 aliphatic carbocycles. The molecule has 1 unspecified atom stereocenters. The number of carboxylic acid groups (broad SMARTS) is 1. The van der Waals surface area contributed by atoms with Crippen LogP contribution in [0.3, 0.4) is 0 Å². The molecule has 1 aromatic rings. The normalized spacial score (nSPS) is 14.4. The van der Waals surface area contributed by atoms with E-state index in [1.807, 2.05) is 56.1 Å². The Bertz CT molecular complexity index is 436. The van der Waals surface area contributed by atoms with E-state index < -0.39 is 11.5 Å². The number of likely N-dealkylation sites (N-methyl/N-ethyl adjacent to an activating group) is 1. The molecule has 1 atom stereocenters. The number of methoxy groups -OCH3 is 1. The first-order valence-corrected chi connectivity index (χ1v) is 7.16. The summed E-state index contributed by atoms with van der Waals surface area (Å²) in [5, 5.41) is 13.1. The van der Waals surface area contributed by atoms with Crippen LogP contribution in [-0.4, -0.2) is 55.9 Å². The van der Waals surface area contributed by atoms with Crippen molar-refractivity contribution in [1.29, 1.82) is 0 Å². The Morgan fingerprint density at radius 1 is 1.38 bits per heavy atom. The van der Waals surface area contributed by atoms with Gasteiger partial charge in [-0.05, 0) is 26.5 Å². The average molecular weight is 294 g/mol. The SMILES string of the molecule is COCCN(C)CC(NC(C)C)(C(=O)O)c1ccccc1. The van der Waals surface area contributed by atoms with Gasteiger partial charge in [0.05, 0.1) is 6.61 Å². The number of hydrogen-bond acceptors (Lipinski definition) is 4. The number of hydrogen-bond donors (Lipinski definition) is 2. The lowest BCUT2D eigenvalue weighted by atomic mass is 9.88. The van der Waals surface area contributed by atoms with Gasteiger partial charge in [-0.2, -0.15) is 0 Å². The smallest absolute Gasteiger partial charge is 0.329 e. The van der Waals surface area contributed by atoms with Crippen molar-refractivity contribution >= 4 is 5.97 Å². The Labute approximate surface area is 126 Å². The van der Waals surface area contributed by atoms with E-state index >= 15 is 0 Å². The Morgan fingerprint density at radius 3 is 2.48 bits per heavy atom. The fourth-order valence-electron chi connectivity index (χ4n) is 2.42. The standard InChI is InChI=1S/C16H26N2O3/c1-13(2)17-16(15(19)20,12-18(3)10-11-21-4)14-8-6-5-7-9-14/h5-9,13,17H,10-12H2,1-4H3,(H,19,20). The number of rotatable bonds is 9. The lowest BCUT2D eigenvalue weighted by molar-refractivity contribution is -0.146. The van der Waals surface area contributed by atoms with Crippen molar-refractivity contribution in [1.82, 2.24) is 10.2 Å². The zero-order chi connectivity index (χ0) is 15.9. The highest BCUT2D eigenvalue weighted by Gasteiger charge is 2.41. The maximum absolute atomic E-state index is 12.0. The van der Waals surface area contributed by atoms with Gasteiger partial charge in [0.2, 0.25) is 0 Å². The minimum absolute atomic E-state index is 0.0529. The maximum atomic E-state index is 12.0. The molecule has 5 heteroatoms. The first kappa shape index (κ1) is 17.6. The van der Waals surface area contributed by atoms with Gasteiger partial charge in [-0.1, -0.05) is 30.3 Å². The van der Waals surface area contributed by atoms with Gasteiger partial charge in [0.25, 0.3) is 0 Å². The summed E-state index contributed by atoms with van der Waals surface area (Å²) in [6, 6.07) is 9.38. The summed E-state index contributed by atoms with van der Waals surface area (Å²) in [4.78, 5) is 14.0. The van der Waals surface area contributed by atoms with Crippen LogP contribution in [0.4, 0.5) is 0 Å². The van der Waals surface area contributed by atoms with Gasteiger partial charge < -0.3 is 14.7 Å². The minimum Gasteiger partial charge on any atom is -0.480 e. The molecule has 118 valence electrons. The maximum Gasteiger partial charge on any atom is 0.329 e. The molecular formula is C16H26N2O3. The lowest BCUT2D eigenvalue weighted by Crippen LogP contribution is -2.58. The lowest BCUT2D eigenvalue weighted by Gasteiger charge is -2.36. The molecule has 1 rings (SSSR count). The molecule has 0 saturated heterocycles. The molecule has 0 aliphatic rings. The number of carboxylic acids is 1. The van der Waals surface area contributed by atoms with Crippen LogP contribution >= 0.6 is 0 Å². The van der Waals surface area contributed by atoms with Crippen LogP contribution in [0.1, 0.15) is 19.4 Å². The van der Waals surface area contributed by atoms with Gasteiger partial charge in [-0.25, -0.2) is 4.79 Å². The Kier molecular flexibility index (Phi) is 6.81. The predicted octanol–water partition coefficient (Wildman–Crippen LogP) is 1.54. The highest BCUT2D eigenvalue weighted by molar-refractivity contribution is 5.81. The number of ether oxygens (including phenoxy) is 1. The topological polar surface area (TPSA) is 61.8 Å². The second kappa shape index (κ2) is 8.12. The largest absolute Gasteiger partial charge is 0.480 e. The Morgan fingerprint density at radius 2 is 2.00 bits per heavy atom. The third kappa shape index (κ3) is 4.81. The van der Waals surface area contributed by atoms with E-state index in [2.05, 4.69) is 5.32 Å². The van der Waals surface area contributed by atoms with Crippen LogP contribution in [0.25, 0.3) is 0 Å². The van der Waals surface area contributed by atoms with Gasteiger partial charge in [-0.15, -0.1) is 0 Å². The Balaban J connectivity index is 3.10. The van der Waals surface area contributed by atoms with E-state index in [0.717, 1.165) is 5.56 Å². The number of nitrogens with one attached hydrogen (secondary N) is 1. The van der Waals surface area contributed by atoms with Crippen molar-refractivity contribution in [3.05, 3.63) is 35.9 Å². The van der Waals surface area contributed by atoms with Crippen molar-refractivity contribution in [2.45, 2.75) is 25.4 Å². The number of nitrogens with zero attached hydrogens (tertiary/aromatic N) is 1. The molecule has 5 nitrogen and oxygen atoms in total. The zero-order valence-corrected chi connectivity index (χ0v) is 13.3. The van der Waals surface area contributed by atoms with Crippen LogP contribution in [0, 0.1) is 0 Å². The monoisotopic (exact) mass is 294 g/mol. The molecule has 2 N–H and O–H groups in total. The van der Waals surface area contributed by atoms with Gasteiger partial charge in [-0.3, -0.25) is 5.32 Å². The van der Waals surface area contributed by atoms with Gasteiger partial charge in [0.1, 0.15) is 0 Å². The number of aliphatic carboxylic acids is 1. The van der Waals surface area contributed by atoms with Crippen molar-refractivity contribution < 1.29 is 14.6 Å². The second-order valence-corrected chi connectivity index (χ2v) is 5.61. The molecule has 0 aliphatic heterocycles.